The molecule has 0 heterocycles. The van der Waals surface area contributed by atoms with Crippen LogP contribution in [0.3, 0.4) is 0 Å². The third-order valence-electron chi connectivity index (χ3n) is 9.58. The van der Waals surface area contributed by atoms with E-state index in [1.54, 1.807) is 0 Å². The van der Waals surface area contributed by atoms with Crippen molar-refractivity contribution in [3.05, 3.63) is 12.1 Å². The average molecular weight is 389 g/mol. The Balaban J connectivity index is 1.60. The van der Waals surface area contributed by atoms with E-state index in [1.165, 1.54) is 38.2 Å². The summed E-state index contributed by atoms with van der Waals surface area (Å²) in [6, 6.07) is -0.294. The zero-order valence-electron chi connectivity index (χ0n) is 22.8. The van der Waals surface area contributed by atoms with Crippen LogP contribution in [0.2, 0.25) is 0 Å². The summed E-state index contributed by atoms with van der Waals surface area (Å²) in [5, 5.41) is 0. The van der Waals surface area contributed by atoms with Gasteiger partial charge in [0.25, 0.3) is 0 Å². The molecule has 0 amide bonds. The molecule has 4 aliphatic carbocycles. The predicted molar refractivity (Wildman–Crippen MR) is 118 cm³/mol. The van der Waals surface area contributed by atoms with Gasteiger partial charge in [-0.2, -0.15) is 0 Å². The summed E-state index contributed by atoms with van der Waals surface area (Å²) in [6.07, 6.45) is 9.10. The van der Waals surface area contributed by atoms with Crippen LogP contribution in [0.1, 0.15) is 104 Å². The monoisotopic (exact) mass is 388 g/mol. The second-order valence-corrected chi connectivity index (χ2v) is 11.4. The van der Waals surface area contributed by atoms with Gasteiger partial charge in [-0.15, -0.1) is 0 Å². The predicted octanol–water partition coefficient (Wildman–Crippen LogP) is 7.45. The first-order valence-corrected chi connectivity index (χ1v) is 12.0. The number of carbonyl (C=O) groups excluding carboxylic acids is 1. The molecule has 4 aliphatic rings. The molecule has 3 fully saturated rings. The van der Waals surface area contributed by atoms with Crippen LogP contribution in [0, 0.1) is 52.2 Å². The van der Waals surface area contributed by atoms with Crippen molar-refractivity contribution in [2.24, 2.45) is 52.2 Å². The van der Waals surface area contributed by atoms with E-state index in [-0.39, 0.29) is 12.0 Å². The Labute approximate surface area is 179 Å². The van der Waals surface area contributed by atoms with Crippen molar-refractivity contribution >= 4 is 5.78 Å². The van der Waals surface area contributed by atoms with Gasteiger partial charge in [-0.3, -0.25) is 4.79 Å². The van der Waals surface area contributed by atoms with E-state index in [2.05, 4.69) is 27.7 Å². The molecular formula is C27H44O. The number of carbonyl (C=O) groups is 1. The maximum Gasteiger partial charge on any atom is 0.159 e. The molecule has 1 nitrogen and oxygen atoms in total. The second-order valence-electron chi connectivity index (χ2n) is 11.4. The van der Waals surface area contributed by atoms with Gasteiger partial charge in [-0.05, 0) is 97.3 Å². The van der Waals surface area contributed by atoms with Gasteiger partial charge in [0.2, 0.25) is 0 Å². The molecule has 0 aromatic heterocycles. The van der Waals surface area contributed by atoms with E-state index in [1.807, 2.05) is 6.92 Å². The van der Waals surface area contributed by atoms with Crippen molar-refractivity contribution < 1.29 is 10.3 Å². The van der Waals surface area contributed by atoms with Gasteiger partial charge < -0.3 is 0 Å². The standard InChI is InChI=1S/C27H44O/c1-18(2)8-6-9-19(3)21-13-14-22-20-11-12-24-25(28)10-7-16-26(24,4)23(20)15-17-27(21,22)5/h7,10,18-24H,6,8-9,11-17H2,1-5H3/t19-,20+,21-,22+,23+,24+,26-,27-/m1/s1/i10D,16D2,24D. The molecule has 0 N–H and O–H groups in total. The van der Waals surface area contributed by atoms with Crippen LogP contribution in [-0.4, -0.2) is 5.78 Å². The van der Waals surface area contributed by atoms with Crippen LogP contribution >= 0.6 is 0 Å². The highest BCUT2D eigenvalue weighted by Gasteiger charge is 2.60. The minimum absolute atomic E-state index is 0.0464. The Hall–Kier alpha value is -0.590. The second kappa shape index (κ2) is 7.59. The Bertz CT molecular complexity index is 791. The number of hydrogen-bond acceptors (Lipinski definition) is 1. The number of hydrogen-bond donors (Lipinski definition) is 0. The summed E-state index contributed by atoms with van der Waals surface area (Å²) in [5.74, 6) is 1.30. The van der Waals surface area contributed by atoms with E-state index in [0.29, 0.717) is 23.7 Å². The van der Waals surface area contributed by atoms with Crippen molar-refractivity contribution in [2.75, 3.05) is 0 Å². The zero-order chi connectivity index (χ0) is 23.7. The van der Waals surface area contributed by atoms with Crippen LogP contribution in [0.5, 0.6) is 0 Å². The Morgan fingerprint density at radius 2 is 1.86 bits per heavy atom. The molecule has 158 valence electrons. The van der Waals surface area contributed by atoms with Crippen molar-refractivity contribution in [2.45, 2.75) is 98.8 Å². The summed E-state index contributed by atoms with van der Waals surface area (Å²) in [4.78, 5) is 13.0. The first-order chi connectivity index (χ1) is 14.8. The lowest BCUT2D eigenvalue weighted by Gasteiger charge is -2.59. The highest BCUT2D eigenvalue weighted by Crippen LogP contribution is 2.67. The van der Waals surface area contributed by atoms with Gasteiger partial charge >= 0.3 is 0 Å². The first kappa shape index (κ1) is 16.1. The maximum absolute atomic E-state index is 13.0. The molecule has 8 atom stereocenters. The molecule has 4 rings (SSSR count). The van der Waals surface area contributed by atoms with Gasteiger partial charge in [-0.25, -0.2) is 0 Å². The number of fused-ring (bicyclic) bond motifs is 5. The fourth-order valence-electron chi connectivity index (χ4n) is 8.11. The van der Waals surface area contributed by atoms with Crippen LogP contribution in [0.15, 0.2) is 12.1 Å². The molecule has 0 radical (unpaired) electrons. The lowest BCUT2D eigenvalue weighted by molar-refractivity contribution is -0.138. The average Bonchev–Trinajstić information content (AvgIpc) is 3.05. The Kier molecular flexibility index (Phi) is 4.37. The van der Waals surface area contributed by atoms with Crippen LogP contribution in [0.25, 0.3) is 0 Å². The molecule has 28 heavy (non-hydrogen) atoms. The third-order valence-corrected chi connectivity index (χ3v) is 9.58. The minimum atomic E-state index is -1.79. The van der Waals surface area contributed by atoms with Crippen molar-refractivity contribution in [1.29, 1.82) is 0 Å². The van der Waals surface area contributed by atoms with Crippen LogP contribution in [0.4, 0.5) is 0 Å². The minimum Gasteiger partial charge on any atom is -0.295 e. The maximum atomic E-state index is 13.0. The molecule has 0 spiro atoms. The SMILES string of the molecule is [2H]C1=CC([2H])([2H])[C@]2(C)[C@H]3CC[C@]4(C)[C@@H]([C@H](C)CCCC(C)C)CC[C@H]4[C@@H]3CC[C@@]2([2H])C1=O. The summed E-state index contributed by atoms with van der Waals surface area (Å²) >= 11 is 0. The largest absolute Gasteiger partial charge is 0.295 e. The third kappa shape index (κ3) is 3.24. The summed E-state index contributed by atoms with van der Waals surface area (Å²) in [6.45, 7) is 11.5. The molecule has 0 aromatic carbocycles. The highest BCUT2D eigenvalue weighted by molar-refractivity contribution is 5.93. The lowest BCUT2D eigenvalue weighted by Crippen LogP contribution is -2.54. The number of ketones is 1. The molecule has 0 unspecified atom stereocenters. The van der Waals surface area contributed by atoms with Crippen LogP contribution in [-0.2, 0) is 4.79 Å². The highest BCUT2D eigenvalue weighted by atomic mass is 16.1. The number of rotatable bonds is 5. The first-order valence-electron chi connectivity index (χ1n) is 14.0. The Morgan fingerprint density at radius 3 is 2.61 bits per heavy atom. The van der Waals surface area contributed by atoms with E-state index >= 15 is 0 Å². The molecule has 1 heteroatoms. The summed E-state index contributed by atoms with van der Waals surface area (Å²) in [7, 11) is 0. The van der Waals surface area contributed by atoms with Gasteiger partial charge in [-0.1, -0.05) is 60.0 Å². The molecule has 3 saturated carbocycles. The number of allylic oxidation sites excluding steroid dienone is 2. The molecule has 0 bridgehead atoms. The van der Waals surface area contributed by atoms with Crippen molar-refractivity contribution in [3.8, 4) is 0 Å². The van der Waals surface area contributed by atoms with E-state index in [0.717, 1.165) is 37.0 Å². The van der Waals surface area contributed by atoms with Gasteiger partial charge in [0.15, 0.2) is 5.78 Å². The molecule has 0 saturated heterocycles. The van der Waals surface area contributed by atoms with Crippen molar-refractivity contribution in [3.63, 3.8) is 0 Å². The molecule has 0 aliphatic heterocycles. The normalized spacial score (nSPS) is 53.1. The van der Waals surface area contributed by atoms with Crippen LogP contribution < -0.4 is 0 Å². The zero-order valence-corrected chi connectivity index (χ0v) is 18.8. The smallest absolute Gasteiger partial charge is 0.159 e. The van der Waals surface area contributed by atoms with E-state index < -0.39 is 23.5 Å². The fourth-order valence-corrected chi connectivity index (χ4v) is 8.11. The van der Waals surface area contributed by atoms with Gasteiger partial charge in [0, 0.05) is 10.0 Å². The summed E-state index contributed by atoms with van der Waals surface area (Å²) < 4.78 is 35.0. The molecular weight excluding hydrogens is 340 g/mol. The van der Waals surface area contributed by atoms with Gasteiger partial charge in [0.05, 0.1) is 1.37 Å². The molecule has 0 aromatic rings. The topological polar surface area (TPSA) is 17.1 Å². The quantitative estimate of drug-likeness (QED) is 0.478. The Morgan fingerprint density at radius 1 is 1.11 bits per heavy atom. The van der Waals surface area contributed by atoms with E-state index in [4.69, 9.17) is 4.11 Å². The van der Waals surface area contributed by atoms with Gasteiger partial charge in [0.1, 0.15) is 0 Å². The van der Waals surface area contributed by atoms with Crippen molar-refractivity contribution in [1.82, 2.24) is 0 Å². The summed E-state index contributed by atoms with van der Waals surface area (Å²) in [5.41, 5.74) is -0.745. The lowest BCUT2D eigenvalue weighted by atomic mass is 9.45. The van der Waals surface area contributed by atoms with E-state index in [9.17, 15) is 6.17 Å². The fraction of sp³-hybridized carbons (Fsp3) is 0.889.